The Morgan fingerprint density at radius 1 is 1.09 bits per heavy atom. The Hall–Kier alpha value is -1.96. The first-order valence-corrected chi connectivity index (χ1v) is 8.27. The van der Waals surface area contributed by atoms with Gasteiger partial charge in [-0.25, -0.2) is 9.99 Å². The highest BCUT2D eigenvalue weighted by atomic mass is 32.2. The predicted molar refractivity (Wildman–Crippen MR) is 94.9 cm³/mol. The summed E-state index contributed by atoms with van der Waals surface area (Å²) in [6, 6.07) is 14.1. The molecule has 0 atom stereocenters. The molecule has 6 nitrogen and oxygen atoms in total. The maximum absolute atomic E-state index is 5.66. The minimum atomic E-state index is 0.493. The van der Waals surface area contributed by atoms with Crippen molar-refractivity contribution in [3.05, 3.63) is 48.7 Å². The van der Waals surface area contributed by atoms with Crippen molar-refractivity contribution in [2.24, 2.45) is 0 Å². The Bertz CT molecular complexity index is 602. The number of pyridine rings is 1. The van der Waals surface area contributed by atoms with E-state index in [1.165, 1.54) is 17.9 Å². The Morgan fingerprint density at radius 2 is 1.83 bits per heavy atom. The highest BCUT2D eigenvalue weighted by Crippen LogP contribution is 2.21. The van der Waals surface area contributed by atoms with Crippen LogP contribution in [0, 0.1) is 0 Å². The number of nitrogen functional groups attached to an aromatic ring is 1. The maximum atomic E-state index is 5.66. The van der Waals surface area contributed by atoms with Crippen LogP contribution in [0.4, 0.5) is 11.5 Å². The van der Waals surface area contributed by atoms with E-state index in [9.17, 15) is 0 Å². The molecule has 0 saturated carbocycles. The largest absolute Gasteiger partial charge is 0.407 e. The molecule has 0 bridgehead atoms. The molecule has 122 valence electrons. The second-order valence-electron chi connectivity index (χ2n) is 5.32. The van der Waals surface area contributed by atoms with Crippen molar-refractivity contribution >= 4 is 23.7 Å². The van der Waals surface area contributed by atoms with Crippen LogP contribution in [0.15, 0.2) is 48.7 Å². The lowest BCUT2D eigenvalue weighted by molar-refractivity contribution is 0.0836. The molecule has 1 aromatic heterocycles. The van der Waals surface area contributed by atoms with Crippen molar-refractivity contribution in [3.8, 4) is 5.75 Å². The highest BCUT2D eigenvalue weighted by molar-refractivity contribution is 7.92. The molecular formula is C16H21N5OS. The molecule has 1 fully saturated rings. The monoisotopic (exact) mass is 331 g/mol. The van der Waals surface area contributed by atoms with Gasteiger partial charge in [0.2, 0.25) is 0 Å². The summed E-state index contributed by atoms with van der Waals surface area (Å²) in [5, 5.41) is 2.27. The first-order chi connectivity index (χ1) is 11.2. The SMILES string of the molecule is CN(SOc1ccc(N)nc1)N1CCN(c2ccccc2)CC1. The normalized spacial score (nSPS) is 15.8. The average Bonchev–Trinajstić information content (AvgIpc) is 2.62. The number of aromatic nitrogens is 1. The van der Waals surface area contributed by atoms with Crippen molar-refractivity contribution in [1.82, 2.24) is 14.4 Å². The highest BCUT2D eigenvalue weighted by Gasteiger charge is 2.21. The third-order valence-electron chi connectivity index (χ3n) is 3.78. The third kappa shape index (κ3) is 4.28. The molecule has 1 aromatic carbocycles. The summed E-state index contributed by atoms with van der Waals surface area (Å²) in [5.41, 5.74) is 6.85. The van der Waals surface area contributed by atoms with Crippen molar-refractivity contribution in [3.63, 3.8) is 0 Å². The Kier molecular flexibility index (Phi) is 5.22. The van der Waals surface area contributed by atoms with E-state index in [0.29, 0.717) is 11.6 Å². The summed E-state index contributed by atoms with van der Waals surface area (Å²) in [4.78, 5) is 6.42. The van der Waals surface area contributed by atoms with Gasteiger partial charge in [0.05, 0.1) is 6.20 Å². The van der Waals surface area contributed by atoms with Crippen LogP contribution >= 0.6 is 12.2 Å². The van der Waals surface area contributed by atoms with E-state index in [1.54, 1.807) is 12.3 Å². The molecule has 1 aliphatic heterocycles. The van der Waals surface area contributed by atoms with E-state index in [-0.39, 0.29) is 0 Å². The summed E-state index contributed by atoms with van der Waals surface area (Å²) in [6.07, 6.45) is 1.63. The molecule has 2 aromatic rings. The second kappa shape index (κ2) is 7.54. The number of nitrogens with zero attached hydrogens (tertiary/aromatic N) is 4. The van der Waals surface area contributed by atoms with Crippen molar-refractivity contribution in [2.45, 2.75) is 0 Å². The number of hydrazine groups is 1. The number of para-hydroxylation sites is 1. The fraction of sp³-hybridized carbons (Fsp3) is 0.312. The van der Waals surface area contributed by atoms with Gasteiger partial charge in [-0.2, -0.15) is 4.41 Å². The fourth-order valence-corrected chi connectivity index (χ4v) is 3.01. The number of anilines is 2. The van der Waals surface area contributed by atoms with Crippen LogP contribution in [-0.2, 0) is 0 Å². The van der Waals surface area contributed by atoms with Gasteiger partial charge < -0.3 is 14.8 Å². The van der Waals surface area contributed by atoms with E-state index in [4.69, 9.17) is 9.92 Å². The molecular weight excluding hydrogens is 310 g/mol. The summed E-state index contributed by atoms with van der Waals surface area (Å²) in [5.74, 6) is 1.19. The number of hydrogen-bond donors (Lipinski definition) is 1. The molecule has 2 heterocycles. The van der Waals surface area contributed by atoms with Gasteiger partial charge >= 0.3 is 0 Å². The predicted octanol–water partition coefficient (Wildman–Crippen LogP) is 2.27. The molecule has 1 saturated heterocycles. The summed E-state index contributed by atoms with van der Waals surface area (Å²) in [6.45, 7) is 3.92. The van der Waals surface area contributed by atoms with Gasteiger partial charge in [-0.3, -0.25) is 0 Å². The van der Waals surface area contributed by atoms with Gasteiger partial charge in [0.25, 0.3) is 0 Å². The lowest BCUT2D eigenvalue weighted by Gasteiger charge is -2.39. The molecule has 2 N–H and O–H groups in total. The Morgan fingerprint density at radius 3 is 2.48 bits per heavy atom. The first-order valence-electron chi connectivity index (χ1n) is 7.57. The lowest BCUT2D eigenvalue weighted by Crippen LogP contribution is -2.50. The van der Waals surface area contributed by atoms with Crippen LogP contribution in [0.1, 0.15) is 0 Å². The number of nitrogens with two attached hydrogens (primary N) is 1. The maximum Gasteiger partial charge on any atom is 0.162 e. The zero-order valence-corrected chi connectivity index (χ0v) is 13.9. The van der Waals surface area contributed by atoms with E-state index in [1.807, 2.05) is 23.6 Å². The van der Waals surface area contributed by atoms with Crippen molar-refractivity contribution < 1.29 is 4.18 Å². The summed E-state index contributed by atoms with van der Waals surface area (Å²) in [7, 11) is 2.01. The number of piperazine rings is 1. The van der Waals surface area contributed by atoms with Gasteiger partial charge in [-0.1, -0.05) is 18.2 Å². The van der Waals surface area contributed by atoms with E-state index < -0.39 is 0 Å². The van der Waals surface area contributed by atoms with Crippen LogP contribution < -0.4 is 14.8 Å². The molecule has 0 radical (unpaired) electrons. The zero-order valence-electron chi connectivity index (χ0n) is 13.1. The van der Waals surface area contributed by atoms with Crippen LogP contribution in [0.5, 0.6) is 5.75 Å². The van der Waals surface area contributed by atoms with Gasteiger partial charge in [0.15, 0.2) is 18.0 Å². The van der Waals surface area contributed by atoms with Crippen LogP contribution in [0.25, 0.3) is 0 Å². The van der Waals surface area contributed by atoms with E-state index in [2.05, 4.69) is 39.2 Å². The fourth-order valence-electron chi connectivity index (χ4n) is 2.46. The number of hydrogen-bond acceptors (Lipinski definition) is 7. The van der Waals surface area contributed by atoms with Crippen molar-refractivity contribution in [2.75, 3.05) is 43.9 Å². The Balaban J connectivity index is 1.46. The van der Waals surface area contributed by atoms with E-state index >= 15 is 0 Å². The molecule has 0 spiro atoms. The van der Waals surface area contributed by atoms with Gasteiger partial charge in [-0.05, 0) is 24.3 Å². The van der Waals surface area contributed by atoms with Crippen LogP contribution in [-0.4, -0.2) is 47.6 Å². The van der Waals surface area contributed by atoms with Crippen LogP contribution in [0.2, 0.25) is 0 Å². The molecule has 3 rings (SSSR count). The molecule has 0 amide bonds. The molecule has 0 unspecified atom stereocenters. The summed E-state index contributed by atoms with van der Waals surface area (Å²) < 4.78 is 7.68. The number of rotatable bonds is 5. The quantitative estimate of drug-likeness (QED) is 0.666. The minimum Gasteiger partial charge on any atom is -0.407 e. The summed E-state index contributed by atoms with van der Waals surface area (Å²) >= 11 is 1.30. The van der Waals surface area contributed by atoms with Gasteiger partial charge in [-0.15, -0.1) is 0 Å². The lowest BCUT2D eigenvalue weighted by atomic mass is 10.2. The third-order valence-corrected chi connectivity index (χ3v) is 4.49. The number of benzene rings is 1. The smallest absolute Gasteiger partial charge is 0.162 e. The van der Waals surface area contributed by atoms with Crippen molar-refractivity contribution in [1.29, 1.82) is 0 Å². The Labute approximate surface area is 141 Å². The molecule has 0 aliphatic carbocycles. The molecule has 23 heavy (non-hydrogen) atoms. The van der Waals surface area contributed by atoms with Gasteiger partial charge in [0.1, 0.15) is 5.82 Å². The molecule has 1 aliphatic rings. The molecule has 7 heteroatoms. The second-order valence-corrected chi connectivity index (χ2v) is 6.16. The van der Waals surface area contributed by atoms with Crippen LogP contribution in [0.3, 0.4) is 0 Å². The zero-order chi connectivity index (χ0) is 16.1. The minimum absolute atomic E-state index is 0.493. The average molecular weight is 331 g/mol. The first kappa shape index (κ1) is 15.9. The van der Waals surface area contributed by atoms with Gasteiger partial charge in [0, 0.05) is 38.9 Å². The van der Waals surface area contributed by atoms with E-state index in [0.717, 1.165) is 26.2 Å². The topological polar surface area (TPSA) is 57.9 Å². The standard InChI is InChI=1S/C16H21N5OS/c1-19(23-22-15-7-8-16(17)18-13-15)21-11-9-20(10-12-21)14-5-3-2-4-6-14/h2-8,13H,9-12H2,1H3,(H2,17,18).